The average molecular weight is 258 g/mol. The van der Waals surface area contributed by atoms with Crippen LogP contribution in [0.15, 0.2) is 18.2 Å². The number of hydrogen-bond acceptors (Lipinski definition) is 1. The molecule has 0 amide bonds. The molecule has 1 aromatic rings. The van der Waals surface area contributed by atoms with Gasteiger partial charge in [-0.3, -0.25) is 0 Å². The molecular weight excluding hydrogens is 237 g/mol. The van der Waals surface area contributed by atoms with Gasteiger partial charge in [0.25, 0.3) is 0 Å². The van der Waals surface area contributed by atoms with Crippen LogP contribution in [-0.2, 0) is 6.42 Å². The van der Waals surface area contributed by atoms with Gasteiger partial charge in [0.05, 0.1) is 0 Å². The van der Waals surface area contributed by atoms with Gasteiger partial charge in [-0.15, -0.1) is 0 Å². The Morgan fingerprint density at radius 1 is 1.35 bits per heavy atom. The smallest absolute Gasteiger partial charge is 0.123 e. The fraction of sp³-hybridized carbons (Fsp3) is 0.571. The fourth-order valence-corrected chi connectivity index (χ4v) is 2.26. The third-order valence-electron chi connectivity index (χ3n) is 3.10. The second-order valence-electron chi connectivity index (χ2n) is 5.48. The first kappa shape index (κ1) is 14.5. The first-order valence-corrected chi connectivity index (χ1v) is 6.33. The molecular formula is C14H21ClFN. The van der Waals surface area contributed by atoms with Crippen molar-refractivity contribution in [3.8, 4) is 0 Å². The molecule has 1 atom stereocenters. The van der Waals surface area contributed by atoms with Crippen molar-refractivity contribution in [2.45, 2.75) is 39.7 Å². The van der Waals surface area contributed by atoms with E-state index < -0.39 is 0 Å². The van der Waals surface area contributed by atoms with Gasteiger partial charge in [-0.05, 0) is 49.1 Å². The molecule has 0 bridgehead atoms. The SMILES string of the molecule is CNC(CCc1cc(F)ccc1Cl)C(C)(C)C. The number of rotatable bonds is 4. The Morgan fingerprint density at radius 3 is 2.53 bits per heavy atom. The van der Waals surface area contributed by atoms with E-state index in [4.69, 9.17) is 11.6 Å². The van der Waals surface area contributed by atoms with Gasteiger partial charge >= 0.3 is 0 Å². The predicted molar refractivity (Wildman–Crippen MR) is 72.0 cm³/mol. The molecule has 0 saturated heterocycles. The van der Waals surface area contributed by atoms with E-state index in [2.05, 4.69) is 26.1 Å². The molecule has 0 spiro atoms. The van der Waals surface area contributed by atoms with Crippen LogP contribution in [0.1, 0.15) is 32.8 Å². The van der Waals surface area contributed by atoms with E-state index in [1.165, 1.54) is 12.1 Å². The second-order valence-corrected chi connectivity index (χ2v) is 5.89. The van der Waals surface area contributed by atoms with Crippen LogP contribution in [0.2, 0.25) is 5.02 Å². The molecule has 1 N–H and O–H groups in total. The molecule has 0 saturated carbocycles. The summed E-state index contributed by atoms with van der Waals surface area (Å²) in [7, 11) is 1.96. The van der Waals surface area contributed by atoms with Crippen molar-refractivity contribution < 1.29 is 4.39 Å². The van der Waals surface area contributed by atoms with Crippen LogP contribution in [0.3, 0.4) is 0 Å². The van der Waals surface area contributed by atoms with E-state index in [0.717, 1.165) is 18.4 Å². The fourth-order valence-electron chi connectivity index (χ4n) is 2.05. The highest BCUT2D eigenvalue weighted by Crippen LogP contribution is 2.25. The Morgan fingerprint density at radius 2 is 2.00 bits per heavy atom. The van der Waals surface area contributed by atoms with Crippen molar-refractivity contribution in [1.82, 2.24) is 5.32 Å². The summed E-state index contributed by atoms with van der Waals surface area (Å²) in [4.78, 5) is 0. The van der Waals surface area contributed by atoms with Crippen molar-refractivity contribution >= 4 is 11.6 Å². The quantitative estimate of drug-likeness (QED) is 0.858. The van der Waals surface area contributed by atoms with E-state index in [9.17, 15) is 4.39 Å². The van der Waals surface area contributed by atoms with Crippen LogP contribution in [-0.4, -0.2) is 13.1 Å². The lowest BCUT2D eigenvalue weighted by molar-refractivity contribution is 0.268. The maximum atomic E-state index is 13.1. The standard InChI is InChI=1S/C14H21ClFN/c1-14(2,3)13(17-4)8-5-10-9-11(16)6-7-12(10)15/h6-7,9,13,17H,5,8H2,1-4H3. The van der Waals surface area contributed by atoms with Crippen molar-refractivity contribution in [3.63, 3.8) is 0 Å². The van der Waals surface area contributed by atoms with Gasteiger partial charge in [0.2, 0.25) is 0 Å². The first-order chi connectivity index (χ1) is 7.84. The van der Waals surface area contributed by atoms with Crippen molar-refractivity contribution in [2.75, 3.05) is 7.05 Å². The summed E-state index contributed by atoms with van der Waals surface area (Å²) in [5.41, 5.74) is 1.07. The molecule has 0 aliphatic carbocycles. The summed E-state index contributed by atoms with van der Waals surface area (Å²) in [6.07, 6.45) is 1.74. The highest BCUT2D eigenvalue weighted by atomic mass is 35.5. The van der Waals surface area contributed by atoms with Crippen molar-refractivity contribution in [2.24, 2.45) is 5.41 Å². The molecule has 17 heavy (non-hydrogen) atoms. The molecule has 1 unspecified atom stereocenters. The topological polar surface area (TPSA) is 12.0 Å². The minimum Gasteiger partial charge on any atom is -0.316 e. The Bertz CT molecular complexity index is 371. The lowest BCUT2D eigenvalue weighted by atomic mass is 9.83. The van der Waals surface area contributed by atoms with Gasteiger partial charge in [-0.25, -0.2) is 4.39 Å². The number of benzene rings is 1. The van der Waals surface area contributed by atoms with Crippen LogP contribution in [0.4, 0.5) is 4.39 Å². The lowest BCUT2D eigenvalue weighted by Gasteiger charge is -2.30. The summed E-state index contributed by atoms with van der Waals surface area (Å²) in [5, 5.41) is 3.96. The Hall–Kier alpha value is -0.600. The molecule has 96 valence electrons. The lowest BCUT2D eigenvalue weighted by Crippen LogP contribution is -2.38. The van der Waals surface area contributed by atoms with Gasteiger partial charge in [0.15, 0.2) is 0 Å². The van der Waals surface area contributed by atoms with E-state index in [-0.39, 0.29) is 11.2 Å². The second kappa shape index (κ2) is 5.83. The largest absolute Gasteiger partial charge is 0.316 e. The van der Waals surface area contributed by atoms with Gasteiger partial charge < -0.3 is 5.32 Å². The predicted octanol–water partition coefficient (Wildman–Crippen LogP) is 4.05. The van der Waals surface area contributed by atoms with E-state index in [0.29, 0.717) is 11.1 Å². The van der Waals surface area contributed by atoms with Crippen LogP contribution in [0, 0.1) is 11.2 Å². The minimum atomic E-state index is -0.221. The van der Waals surface area contributed by atoms with E-state index in [1.54, 1.807) is 6.07 Å². The minimum absolute atomic E-state index is 0.189. The van der Waals surface area contributed by atoms with Crippen LogP contribution < -0.4 is 5.32 Å². The van der Waals surface area contributed by atoms with Crippen molar-refractivity contribution in [1.29, 1.82) is 0 Å². The third-order valence-corrected chi connectivity index (χ3v) is 3.47. The first-order valence-electron chi connectivity index (χ1n) is 5.96. The molecule has 1 nitrogen and oxygen atoms in total. The Kier molecular flexibility index (Phi) is 4.96. The molecule has 1 rings (SSSR count). The molecule has 3 heteroatoms. The van der Waals surface area contributed by atoms with Gasteiger partial charge in [0, 0.05) is 11.1 Å². The molecule has 1 aromatic carbocycles. The maximum absolute atomic E-state index is 13.1. The maximum Gasteiger partial charge on any atom is 0.123 e. The molecule has 0 aliphatic heterocycles. The van der Waals surface area contributed by atoms with Crippen LogP contribution >= 0.6 is 11.6 Å². The van der Waals surface area contributed by atoms with Crippen molar-refractivity contribution in [3.05, 3.63) is 34.6 Å². The molecule has 0 radical (unpaired) electrons. The molecule has 0 aromatic heterocycles. The van der Waals surface area contributed by atoms with Crippen LogP contribution in [0.5, 0.6) is 0 Å². The molecule has 0 aliphatic rings. The zero-order chi connectivity index (χ0) is 13.1. The Labute approximate surface area is 108 Å². The van der Waals surface area contributed by atoms with E-state index in [1.807, 2.05) is 7.05 Å². The summed E-state index contributed by atoms with van der Waals surface area (Å²) >= 11 is 6.05. The van der Waals surface area contributed by atoms with Gasteiger partial charge in [-0.2, -0.15) is 0 Å². The zero-order valence-electron chi connectivity index (χ0n) is 11.0. The third kappa shape index (κ3) is 4.29. The summed E-state index contributed by atoms with van der Waals surface area (Å²) in [5.74, 6) is -0.221. The zero-order valence-corrected chi connectivity index (χ0v) is 11.7. The number of hydrogen-bond donors (Lipinski definition) is 1. The van der Waals surface area contributed by atoms with Gasteiger partial charge in [0.1, 0.15) is 5.82 Å². The highest BCUT2D eigenvalue weighted by molar-refractivity contribution is 6.31. The Balaban J connectivity index is 2.69. The van der Waals surface area contributed by atoms with E-state index >= 15 is 0 Å². The summed E-state index contributed by atoms with van der Waals surface area (Å²) in [6.45, 7) is 6.59. The molecule has 0 heterocycles. The van der Waals surface area contributed by atoms with Gasteiger partial charge in [-0.1, -0.05) is 32.4 Å². The summed E-state index contributed by atoms with van der Waals surface area (Å²) < 4.78 is 13.1. The van der Waals surface area contributed by atoms with Crippen LogP contribution in [0.25, 0.3) is 0 Å². The number of halogens is 2. The molecule has 0 fully saturated rings. The normalized spacial score (nSPS) is 13.8. The monoisotopic (exact) mass is 257 g/mol. The average Bonchev–Trinajstić information content (AvgIpc) is 2.22. The number of nitrogens with one attached hydrogen (secondary N) is 1. The summed E-state index contributed by atoms with van der Waals surface area (Å²) in [6, 6.07) is 4.93. The number of aryl methyl sites for hydroxylation is 1. The highest BCUT2D eigenvalue weighted by Gasteiger charge is 2.22.